The second kappa shape index (κ2) is 9.06. The molecule has 0 bridgehead atoms. The summed E-state index contributed by atoms with van der Waals surface area (Å²) in [6, 6.07) is 22.9. The van der Waals surface area contributed by atoms with Gasteiger partial charge in [-0.1, -0.05) is 63.9 Å². The smallest absolute Gasteiger partial charge is 0.149 e. The van der Waals surface area contributed by atoms with Gasteiger partial charge in [-0.3, -0.25) is 0 Å². The minimum absolute atomic E-state index is 0.314. The average molecular weight is 525 g/mol. The predicted octanol–water partition coefficient (Wildman–Crippen LogP) is 7.93. The second-order valence-corrected chi connectivity index (χ2v) is 9.41. The number of halogens is 3. The Kier molecular flexibility index (Phi) is 6.00. The van der Waals surface area contributed by atoms with E-state index in [0.717, 1.165) is 37.3 Å². The van der Waals surface area contributed by atoms with Crippen LogP contribution in [0.15, 0.2) is 94.8 Å². The van der Waals surface area contributed by atoms with E-state index < -0.39 is 0 Å². The summed E-state index contributed by atoms with van der Waals surface area (Å²) in [5, 5.41) is 2.13. The zero-order valence-electron chi connectivity index (χ0n) is 16.7. The van der Waals surface area contributed by atoms with Crippen molar-refractivity contribution in [3.63, 3.8) is 0 Å². The molecule has 0 amide bonds. The Bertz CT molecular complexity index is 1380. The molecule has 2 aromatic heterocycles. The van der Waals surface area contributed by atoms with Crippen LogP contribution in [0.5, 0.6) is 0 Å². The molecule has 32 heavy (non-hydrogen) atoms. The van der Waals surface area contributed by atoms with Gasteiger partial charge in [-0.05, 0) is 42.0 Å². The van der Waals surface area contributed by atoms with Crippen LogP contribution in [-0.4, -0.2) is 14.5 Å². The number of rotatable bonds is 5. The van der Waals surface area contributed by atoms with Crippen LogP contribution in [0.3, 0.4) is 0 Å². The van der Waals surface area contributed by atoms with E-state index in [9.17, 15) is 4.39 Å². The Labute approximate surface area is 202 Å². The van der Waals surface area contributed by atoms with E-state index in [0.29, 0.717) is 16.3 Å². The van der Waals surface area contributed by atoms with Gasteiger partial charge in [0.05, 0.1) is 5.39 Å². The molecule has 0 atom stereocenters. The highest BCUT2D eigenvalue weighted by Crippen LogP contribution is 2.38. The lowest BCUT2D eigenvalue weighted by molar-refractivity contribution is 0.617. The summed E-state index contributed by atoms with van der Waals surface area (Å²) in [6.07, 6.45) is 3.63. The van der Waals surface area contributed by atoms with Gasteiger partial charge in [0.2, 0.25) is 0 Å². The highest BCUT2D eigenvalue weighted by Gasteiger charge is 2.18. The van der Waals surface area contributed by atoms with E-state index in [1.807, 2.05) is 42.5 Å². The maximum Gasteiger partial charge on any atom is 0.149 e. The second-order valence-electron chi connectivity index (χ2n) is 7.12. The number of nitrogens with zero attached hydrogens (tertiary/aromatic N) is 3. The third-order valence-corrected chi connectivity index (χ3v) is 7.05. The first-order chi connectivity index (χ1) is 15.6. The maximum atomic E-state index is 14.3. The largest absolute Gasteiger partial charge is 0.301 e. The van der Waals surface area contributed by atoms with Gasteiger partial charge >= 0.3 is 0 Å². The van der Waals surface area contributed by atoms with E-state index in [4.69, 9.17) is 11.6 Å². The van der Waals surface area contributed by atoms with Crippen LogP contribution in [0.2, 0.25) is 5.02 Å². The molecule has 7 heteroatoms. The van der Waals surface area contributed by atoms with Crippen molar-refractivity contribution >= 4 is 50.3 Å². The number of hydrogen-bond donors (Lipinski definition) is 0. The topological polar surface area (TPSA) is 30.7 Å². The lowest BCUT2D eigenvalue weighted by atomic mass is 10.1. The Morgan fingerprint density at radius 1 is 0.938 bits per heavy atom. The standard InChI is InChI=1S/C25H16BrClFN3S/c26-17-9-11-18(12-10-17)31-13-19(16-5-2-1-3-6-16)23-24(31)29-15-30-25(23)32-14-20-21(27)7-4-8-22(20)28/h1-13,15H,14H2. The van der Waals surface area contributed by atoms with E-state index in [1.165, 1.54) is 17.8 Å². The summed E-state index contributed by atoms with van der Waals surface area (Å²) in [4.78, 5) is 9.16. The third kappa shape index (κ3) is 4.06. The summed E-state index contributed by atoms with van der Waals surface area (Å²) >= 11 is 11.2. The van der Waals surface area contributed by atoms with Gasteiger partial charge in [0.1, 0.15) is 22.8 Å². The van der Waals surface area contributed by atoms with Crippen LogP contribution in [0, 0.1) is 5.82 Å². The molecule has 3 nitrogen and oxygen atoms in total. The summed E-state index contributed by atoms with van der Waals surface area (Å²) in [6.45, 7) is 0. The molecule has 0 aliphatic rings. The van der Waals surface area contributed by atoms with Gasteiger partial charge in [0.15, 0.2) is 0 Å². The number of hydrogen-bond acceptors (Lipinski definition) is 3. The Morgan fingerprint density at radius 3 is 2.47 bits per heavy atom. The van der Waals surface area contributed by atoms with E-state index in [-0.39, 0.29) is 5.82 Å². The van der Waals surface area contributed by atoms with Crippen LogP contribution >= 0.6 is 39.3 Å². The molecule has 0 fully saturated rings. The van der Waals surface area contributed by atoms with Crippen LogP contribution in [0.1, 0.15) is 5.56 Å². The lowest BCUT2D eigenvalue weighted by Gasteiger charge is -2.08. The van der Waals surface area contributed by atoms with Crippen LogP contribution < -0.4 is 0 Å². The minimum Gasteiger partial charge on any atom is -0.301 e. The van der Waals surface area contributed by atoms with E-state index >= 15 is 0 Å². The first-order valence-corrected chi connectivity index (χ1v) is 12.0. The molecule has 2 heterocycles. The molecule has 0 aliphatic heterocycles. The summed E-state index contributed by atoms with van der Waals surface area (Å²) in [7, 11) is 0. The van der Waals surface area contributed by atoms with Crippen molar-refractivity contribution in [1.29, 1.82) is 0 Å². The number of thioether (sulfide) groups is 1. The number of aromatic nitrogens is 3. The summed E-state index contributed by atoms with van der Waals surface area (Å²) in [5.41, 5.74) is 4.34. The fraction of sp³-hybridized carbons (Fsp3) is 0.0400. The van der Waals surface area contributed by atoms with Crippen molar-refractivity contribution in [2.24, 2.45) is 0 Å². The molecule has 3 aromatic carbocycles. The molecule has 0 aliphatic carbocycles. The molecule has 0 N–H and O–H groups in total. The molecule has 5 rings (SSSR count). The van der Waals surface area contributed by atoms with Crippen LogP contribution in [0.4, 0.5) is 4.39 Å². The molecule has 0 saturated heterocycles. The van der Waals surface area contributed by atoms with Gasteiger partial charge in [-0.15, -0.1) is 11.8 Å². The molecule has 5 aromatic rings. The Morgan fingerprint density at radius 2 is 1.72 bits per heavy atom. The fourth-order valence-electron chi connectivity index (χ4n) is 3.59. The lowest BCUT2D eigenvalue weighted by Crippen LogP contribution is -1.95. The van der Waals surface area contributed by atoms with Crippen molar-refractivity contribution < 1.29 is 4.39 Å². The molecule has 0 radical (unpaired) electrons. The van der Waals surface area contributed by atoms with Crippen molar-refractivity contribution in [2.45, 2.75) is 10.8 Å². The van der Waals surface area contributed by atoms with Crippen molar-refractivity contribution in [3.8, 4) is 16.8 Å². The quantitative estimate of drug-likeness (QED) is 0.173. The first kappa shape index (κ1) is 21.2. The van der Waals surface area contributed by atoms with Crippen LogP contribution in [0.25, 0.3) is 27.8 Å². The average Bonchev–Trinajstić information content (AvgIpc) is 3.20. The fourth-order valence-corrected chi connectivity index (χ4v) is 5.20. The summed E-state index contributed by atoms with van der Waals surface area (Å²) < 4.78 is 17.4. The zero-order chi connectivity index (χ0) is 22.1. The van der Waals surface area contributed by atoms with E-state index in [2.05, 4.69) is 48.8 Å². The van der Waals surface area contributed by atoms with Gasteiger partial charge in [0, 0.05) is 38.3 Å². The Hall–Kier alpha value is -2.67. The zero-order valence-corrected chi connectivity index (χ0v) is 19.8. The molecular weight excluding hydrogens is 509 g/mol. The summed E-state index contributed by atoms with van der Waals surface area (Å²) in [5.74, 6) is 0.0565. The molecule has 0 unspecified atom stereocenters. The highest BCUT2D eigenvalue weighted by atomic mass is 79.9. The number of fused-ring (bicyclic) bond motifs is 1. The molecular formula is C25H16BrClFN3S. The van der Waals surface area contributed by atoms with Gasteiger partial charge in [-0.2, -0.15) is 0 Å². The molecule has 158 valence electrons. The third-order valence-electron chi connectivity index (χ3n) is 5.15. The first-order valence-electron chi connectivity index (χ1n) is 9.85. The maximum absolute atomic E-state index is 14.3. The minimum atomic E-state index is -0.314. The molecule has 0 spiro atoms. The highest BCUT2D eigenvalue weighted by molar-refractivity contribution is 9.10. The van der Waals surface area contributed by atoms with Gasteiger partial charge in [-0.25, -0.2) is 14.4 Å². The van der Waals surface area contributed by atoms with Gasteiger partial charge < -0.3 is 4.57 Å². The van der Waals surface area contributed by atoms with Crippen LogP contribution in [-0.2, 0) is 5.75 Å². The van der Waals surface area contributed by atoms with Crippen molar-refractivity contribution in [1.82, 2.24) is 14.5 Å². The van der Waals surface area contributed by atoms with Gasteiger partial charge in [0.25, 0.3) is 0 Å². The SMILES string of the molecule is Fc1cccc(Cl)c1CSc1ncnc2c1c(-c1ccccc1)cn2-c1ccc(Br)cc1. The van der Waals surface area contributed by atoms with E-state index in [1.54, 1.807) is 18.5 Å². The van der Waals surface area contributed by atoms with Crippen molar-refractivity contribution in [3.05, 3.63) is 106 Å². The number of benzene rings is 3. The Balaban J connectivity index is 1.66. The predicted molar refractivity (Wildman–Crippen MR) is 133 cm³/mol. The normalized spacial score (nSPS) is 11.2. The molecule has 0 saturated carbocycles. The monoisotopic (exact) mass is 523 g/mol. The van der Waals surface area contributed by atoms with Crippen molar-refractivity contribution in [2.75, 3.05) is 0 Å².